The summed E-state index contributed by atoms with van der Waals surface area (Å²) in [6.45, 7) is 5.86. The molecule has 2 aliphatic heterocycles. The molecule has 0 radical (unpaired) electrons. The molecule has 0 bridgehead atoms. The first-order valence-electron chi connectivity index (χ1n) is 16.1. The van der Waals surface area contributed by atoms with Crippen LogP contribution in [-0.2, 0) is 60.7 Å². The second-order valence-corrected chi connectivity index (χ2v) is 12.2. The Morgan fingerprint density at radius 1 is 0.633 bits per heavy atom. The Kier molecular flexibility index (Phi) is 14.3. The van der Waals surface area contributed by atoms with Gasteiger partial charge in [0.15, 0.2) is 24.8 Å². The normalized spacial score (nSPS) is 30.3. The highest BCUT2D eigenvalue weighted by molar-refractivity contribution is 5.76. The van der Waals surface area contributed by atoms with Crippen LogP contribution in [0.5, 0.6) is 5.75 Å². The van der Waals surface area contributed by atoms with Gasteiger partial charge in [-0.25, -0.2) is 9.59 Å². The summed E-state index contributed by atoms with van der Waals surface area (Å²) in [5.74, 6) is -1.71. The summed E-state index contributed by atoms with van der Waals surface area (Å²) in [5.41, 5.74) is 1.29. The van der Waals surface area contributed by atoms with E-state index >= 15 is 0 Å². The van der Waals surface area contributed by atoms with E-state index in [0.717, 1.165) is 5.56 Å². The van der Waals surface area contributed by atoms with Crippen LogP contribution in [0.25, 0.3) is 0 Å². The Morgan fingerprint density at radius 3 is 1.71 bits per heavy atom. The van der Waals surface area contributed by atoms with Gasteiger partial charge in [-0.1, -0.05) is 42.5 Å². The molecule has 2 unspecified atom stereocenters. The molecule has 0 spiro atoms. The summed E-state index contributed by atoms with van der Waals surface area (Å²) in [6, 6.07) is 14.9. The monoisotopic (exact) mass is 694 g/mol. The molecule has 0 aliphatic carbocycles. The molecule has 272 valence electrons. The maximum absolute atomic E-state index is 13.1. The molecule has 2 aliphatic rings. The van der Waals surface area contributed by atoms with Crippen molar-refractivity contribution in [1.82, 2.24) is 0 Å². The van der Waals surface area contributed by atoms with Gasteiger partial charge < -0.3 is 63.4 Å². The molecule has 4 rings (SSSR count). The molecule has 15 nitrogen and oxygen atoms in total. The van der Waals surface area contributed by atoms with E-state index < -0.39 is 85.6 Å². The first-order valence-corrected chi connectivity index (χ1v) is 16.1. The fourth-order valence-electron chi connectivity index (χ4n) is 5.21. The Balaban J connectivity index is 1.39. The quantitative estimate of drug-likeness (QED) is 0.128. The number of aliphatic hydroxyl groups is 4. The van der Waals surface area contributed by atoms with Crippen molar-refractivity contribution < 1.29 is 73.0 Å². The van der Waals surface area contributed by atoms with E-state index in [9.17, 15) is 35.1 Å². The van der Waals surface area contributed by atoms with Crippen molar-refractivity contribution in [2.75, 3.05) is 13.2 Å². The van der Waals surface area contributed by atoms with Gasteiger partial charge >= 0.3 is 11.9 Å². The second kappa shape index (κ2) is 18.1. The van der Waals surface area contributed by atoms with Crippen LogP contribution in [0.3, 0.4) is 0 Å². The number of carbonyl (C=O) groups excluding carboxylic acids is 2. The minimum Gasteiger partial charge on any atom is -0.508 e. The molecule has 49 heavy (non-hydrogen) atoms. The van der Waals surface area contributed by atoms with Crippen LogP contribution in [0.1, 0.15) is 38.8 Å². The number of phenols is 1. The Hall–Kier alpha value is -3.22. The highest BCUT2D eigenvalue weighted by atomic mass is 16.7. The number of ether oxygens (including phenoxy) is 8. The molecule has 2 aromatic rings. The number of aromatic hydroxyl groups is 1. The third-order valence-electron chi connectivity index (χ3n) is 7.61. The van der Waals surface area contributed by atoms with Gasteiger partial charge in [-0.05, 0) is 51.0 Å². The number of hydrogen-bond donors (Lipinski definition) is 5. The third kappa shape index (κ3) is 10.6. The number of aliphatic hydroxyl groups excluding tert-OH is 4. The number of rotatable bonds is 15. The lowest BCUT2D eigenvalue weighted by atomic mass is 9.98. The van der Waals surface area contributed by atoms with Gasteiger partial charge in [-0.3, -0.25) is 0 Å². The van der Waals surface area contributed by atoms with E-state index in [1.807, 2.05) is 6.07 Å². The third-order valence-corrected chi connectivity index (χ3v) is 7.61. The van der Waals surface area contributed by atoms with Crippen LogP contribution >= 0.6 is 0 Å². The first-order chi connectivity index (χ1) is 23.3. The van der Waals surface area contributed by atoms with E-state index in [1.54, 1.807) is 64.1 Å². The number of phenolic OH excluding ortho intramolecular Hbond substituents is 1. The molecule has 5 N–H and O–H groups in total. The lowest BCUT2D eigenvalue weighted by molar-refractivity contribution is -0.317. The Morgan fingerprint density at radius 2 is 1.12 bits per heavy atom. The first kappa shape index (κ1) is 38.6. The van der Waals surface area contributed by atoms with Crippen LogP contribution in [0.2, 0.25) is 0 Å². The van der Waals surface area contributed by atoms with Gasteiger partial charge in [0.1, 0.15) is 55.6 Å². The summed E-state index contributed by atoms with van der Waals surface area (Å²) >= 11 is 0. The minimum absolute atomic E-state index is 0.0371. The molecule has 0 saturated carbocycles. The zero-order valence-electron chi connectivity index (χ0n) is 27.8. The van der Waals surface area contributed by atoms with Crippen LogP contribution in [0.4, 0.5) is 0 Å². The highest BCUT2D eigenvalue weighted by Crippen LogP contribution is 2.29. The van der Waals surface area contributed by atoms with Crippen molar-refractivity contribution in [2.45, 2.75) is 115 Å². The number of carbonyl (C=O) groups is 2. The van der Waals surface area contributed by atoms with Crippen LogP contribution < -0.4 is 0 Å². The summed E-state index contributed by atoms with van der Waals surface area (Å²) in [4.78, 5) is 26.2. The van der Waals surface area contributed by atoms with Gasteiger partial charge in [0.05, 0.1) is 25.4 Å². The van der Waals surface area contributed by atoms with Gasteiger partial charge in [0.25, 0.3) is 0 Å². The fraction of sp³-hybridized carbons (Fsp3) is 0.588. The average molecular weight is 695 g/mol. The van der Waals surface area contributed by atoms with Gasteiger partial charge in [-0.15, -0.1) is 0 Å². The van der Waals surface area contributed by atoms with Crippen LogP contribution in [0.15, 0.2) is 54.6 Å². The Labute approximate surface area is 284 Å². The van der Waals surface area contributed by atoms with Crippen molar-refractivity contribution in [3.05, 3.63) is 65.7 Å². The van der Waals surface area contributed by atoms with E-state index in [-0.39, 0.29) is 32.2 Å². The molecule has 15 heteroatoms. The molecule has 2 heterocycles. The van der Waals surface area contributed by atoms with E-state index in [0.29, 0.717) is 5.56 Å². The molecule has 0 amide bonds. The lowest BCUT2D eigenvalue weighted by Crippen LogP contribution is -2.62. The van der Waals surface area contributed by atoms with Gasteiger partial charge in [-0.2, -0.15) is 0 Å². The van der Waals surface area contributed by atoms with Crippen molar-refractivity contribution in [2.24, 2.45) is 0 Å². The molecule has 10 atom stereocenters. The number of benzene rings is 2. The number of esters is 2. The lowest BCUT2D eigenvalue weighted by Gasteiger charge is -2.42. The number of hydrogen-bond acceptors (Lipinski definition) is 15. The summed E-state index contributed by atoms with van der Waals surface area (Å²) in [6.07, 6.45) is -15.9. The van der Waals surface area contributed by atoms with Crippen molar-refractivity contribution in [3.8, 4) is 5.75 Å². The molecule has 2 fully saturated rings. The summed E-state index contributed by atoms with van der Waals surface area (Å²) in [5, 5.41) is 52.8. The zero-order valence-corrected chi connectivity index (χ0v) is 27.8. The fourth-order valence-corrected chi connectivity index (χ4v) is 5.21. The molecular formula is C34H46O15. The van der Waals surface area contributed by atoms with Gasteiger partial charge in [0.2, 0.25) is 0 Å². The van der Waals surface area contributed by atoms with E-state index in [2.05, 4.69) is 0 Å². The molecule has 0 aromatic heterocycles. The van der Waals surface area contributed by atoms with Gasteiger partial charge in [0, 0.05) is 0 Å². The maximum Gasteiger partial charge on any atom is 0.338 e. The summed E-state index contributed by atoms with van der Waals surface area (Å²) < 4.78 is 44.9. The second-order valence-electron chi connectivity index (χ2n) is 12.2. The Bertz CT molecular complexity index is 1310. The molecular weight excluding hydrogens is 648 g/mol. The van der Waals surface area contributed by atoms with Crippen LogP contribution in [0, 0.1) is 0 Å². The predicted molar refractivity (Wildman–Crippen MR) is 167 cm³/mol. The highest BCUT2D eigenvalue weighted by Gasteiger charge is 2.51. The van der Waals surface area contributed by atoms with Crippen molar-refractivity contribution >= 4 is 11.9 Å². The van der Waals surface area contributed by atoms with Crippen molar-refractivity contribution in [3.63, 3.8) is 0 Å². The standard InChI is InChI=1S/C34H46O15/c1-18(2)46-28-24(37)25(38)33(48-30(28)32(41)44-16-20-8-6-5-7-9-20)43-15-14-42-27-23(36)26(39)34(47-19(3)4)49-29(27)31(40)45-17-21-10-12-22(35)13-11-21/h5-13,18-19,23-30,33-39H,14-17H2,1-4H3/t23-,24-,25+,26+,27+,28+,29?,30?,33-,34-/m1/s1. The largest absolute Gasteiger partial charge is 0.508 e. The van der Waals surface area contributed by atoms with E-state index in [1.165, 1.54) is 12.1 Å². The minimum atomic E-state index is -1.65. The van der Waals surface area contributed by atoms with Crippen LogP contribution in [-0.4, -0.2) is 124 Å². The average Bonchev–Trinajstić information content (AvgIpc) is 3.07. The zero-order chi connectivity index (χ0) is 35.7. The smallest absolute Gasteiger partial charge is 0.338 e. The predicted octanol–water partition coefficient (Wildman–Crippen LogP) is 0.693. The SMILES string of the molecule is CC(C)O[C@@H]1OC(C(=O)OCc2ccc(O)cc2)[C@@H](OCCO[C@@H]2OC(C(=O)OCc3ccccc3)[C@@H](OC(C)C)[C@H](O)[C@@H]2O)[C@H](O)[C@@H]1O. The molecule has 2 aromatic carbocycles. The summed E-state index contributed by atoms with van der Waals surface area (Å²) in [7, 11) is 0. The van der Waals surface area contributed by atoms with E-state index in [4.69, 9.17) is 37.9 Å². The maximum atomic E-state index is 13.1. The van der Waals surface area contributed by atoms with Crippen molar-refractivity contribution in [1.29, 1.82) is 0 Å². The molecule has 2 saturated heterocycles. The topological polar surface area (TPSA) is 209 Å².